The van der Waals surface area contributed by atoms with Crippen LogP contribution >= 0.6 is 11.3 Å². The van der Waals surface area contributed by atoms with Crippen molar-refractivity contribution < 1.29 is 4.79 Å². The molecule has 0 unspecified atom stereocenters. The van der Waals surface area contributed by atoms with E-state index in [0.29, 0.717) is 10.6 Å². The smallest absolute Gasteiger partial charge is 0.221 e. The number of carbonyl (C=O) groups is 1. The molecular formula is C16H12N2OS. The van der Waals surface area contributed by atoms with Gasteiger partial charge < -0.3 is 0 Å². The van der Waals surface area contributed by atoms with Gasteiger partial charge in [-0.1, -0.05) is 36.4 Å². The van der Waals surface area contributed by atoms with Crippen LogP contribution in [-0.4, -0.2) is 15.6 Å². The molecule has 0 aliphatic carbocycles. The van der Waals surface area contributed by atoms with Gasteiger partial charge in [-0.15, -0.1) is 11.3 Å². The third-order valence-corrected chi connectivity index (χ3v) is 3.70. The van der Waals surface area contributed by atoms with Gasteiger partial charge in [0, 0.05) is 12.4 Å². The van der Waals surface area contributed by atoms with Gasteiger partial charge in [0.25, 0.3) is 0 Å². The van der Waals surface area contributed by atoms with Crippen molar-refractivity contribution >= 4 is 28.9 Å². The van der Waals surface area contributed by atoms with Gasteiger partial charge in [0.1, 0.15) is 5.70 Å². The van der Waals surface area contributed by atoms with E-state index in [1.165, 1.54) is 11.3 Å². The third-order valence-electron chi connectivity index (χ3n) is 2.83. The van der Waals surface area contributed by atoms with Crippen LogP contribution in [0.5, 0.6) is 0 Å². The number of benzene rings is 1. The highest BCUT2D eigenvalue weighted by molar-refractivity contribution is 7.12. The standard InChI is InChI=1S/C16H12N2OS/c19-16(15-8-4-11-20-15)14(18-10-5-9-17-18)12-13-6-2-1-3-7-13/h1-12H/b14-12-. The second kappa shape index (κ2) is 5.67. The number of nitrogens with zero attached hydrogens (tertiary/aromatic N) is 2. The molecule has 0 aliphatic rings. The molecule has 98 valence electrons. The predicted molar refractivity (Wildman–Crippen MR) is 81.5 cm³/mol. The average Bonchev–Trinajstić information content (AvgIpc) is 3.18. The predicted octanol–water partition coefficient (Wildman–Crippen LogP) is 3.83. The van der Waals surface area contributed by atoms with Crippen molar-refractivity contribution in [3.8, 4) is 0 Å². The molecule has 3 rings (SSSR count). The van der Waals surface area contributed by atoms with Crippen LogP contribution in [0.15, 0.2) is 66.3 Å². The fourth-order valence-electron chi connectivity index (χ4n) is 1.89. The van der Waals surface area contributed by atoms with E-state index in [1.54, 1.807) is 23.1 Å². The highest BCUT2D eigenvalue weighted by atomic mass is 32.1. The van der Waals surface area contributed by atoms with Crippen molar-refractivity contribution in [1.29, 1.82) is 0 Å². The normalized spacial score (nSPS) is 11.5. The lowest BCUT2D eigenvalue weighted by molar-refractivity contribution is 0.105. The Morgan fingerprint density at radius 3 is 2.60 bits per heavy atom. The van der Waals surface area contributed by atoms with Gasteiger partial charge >= 0.3 is 0 Å². The lowest BCUT2D eigenvalue weighted by atomic mass is 10.1. The Morgan fingerprint density at radius 1 is 1.10 bits per heavy atom. The summed E-state index contributed by atoms with van der Waals surface area (Å²) in [4.78, 5) is 13.3. The van der Waals surface area contributed by atoms with Gasteiger partial charge in [-0.2, -0.15) is 5.10 Å². The number of hydrogen-bond acceptors (Lipinski definition) is 3. The van der Waals surface area contributed by atoms with E-state index >= 15 is 0 Å². The zero-order valence-corrected chi connectivity index (χ0v) is 11.5. The molecule has 0 spiro atoms. The number of ketones is 1. The Hall–Kier alpha value is -2.46. The third kappa shape index (κ3) is 2.60. The quantitative estimate of drug-likeness (QED) is 0.538. The summed E-state index contributed by atoms with van der Waals surface area (Å²) in [5.41, 5.74) is 1.52. The van der Waals surface area contributed by atoms with Gasteiger partial charge in [-0.05, 0) is 29.2 Å². The molecule has 0 amide bonds. The molecule has 2 heterocycles. The SMILES string of the molecule is O=C(/C(=C/c1ccccc1)n1cccn1)c1cccs1. The van der Waals surface area contributed by atoms with Gasteiger partial charge in [-0.25, -0.2) is 4.68 Å². The molecule has 2 aromatic heterocycles. The molecule has 3 nitrogen and oxygen atoms in total. The summed E-state index contributed by atoms with van der Waals surface area (Å²) >= 11 is 1.44. The lowest BCUT2D eigenvalue weighted by Gasteiger charge is -2.06. The van der Waals surface area contributed by atoms with Crippen LogP contribution < -0.4 is 0 Å². The monoisotopic (exact) mass is 280 g/mol. The van der Waals surface area contributed by atoms with Crippen LogP contribution in [-0.2, 0) is 0 Å². The van der Waals surface area contributed by atoms with E-state index in [4.69, 9.17) is 0 Å². The van der Waals surface area contributed by atoms with Crippen molar-refractivity contribution in [3.63, 3.8) is 0 Å². The molecule has 20 heavy (non-hydrogen) atoms. The highest BCUT2D eigenvalue weighted by Gasteiger charge is 2.15. The number of Topliss-reactive ketones (excluding diaryl/α,β-unsaturated/α-hetero) is 1. The first kappa shape index (κ1) is 12.6. The molecule has 0 saturated carbocycles. The van der Waals surface area contributed by atoms with E-state index in [9.17, 15) is 4.79 Å². The summed E-state index contributed by atoms with van der Waals surface area (Å²) in [6.07, 6.45) is 5.30. The summed E-state index contributed by atoms with van der Waals surface area (Å²) in [5, 5.41) is 6.08. The number of rotatable bonds is 4. The molecule has 0 radical (unpaired) electrons. The van der Waals surface area contributed by atoms with E-state index in [1.807, 2.05) is 53.9 Å². The molecule has 1 aromatic carbocycles. The molecule has 0 aliphatic heterocycles. The maximum Gasteiger partial charge on any atom is 0.221 e. The Morgan fingerprint density at radius 2 is 1.95 bits per heavy atom. The average molecular weight is 280 g/mol. The maximum atomic E-state index is 12.6. The summed E-state index contributed by atoms with van der Waals surface area (Å²) in [7, 11) is 0. The lowest BCUT2D eigenvalue weighted by Crippen LogP contribution is -2.08. The van der Waals surface area contributed by atoms with Gasteiger partial charge in [-0.3, -0.25) is 4.79 Å². The van der Waals surface area contributed by atoms with Crippen LogP contribution in [0.2, 0.25) is 0 Å². The number of thiophene rings is 1. The van der Waals surface area contributed by atoms with E-state index in [-0.39, 0.29) is 5.78 Å². The minimum absolute atomic E-state index is 0.0208. The number of hydrogen-bond donors (Lipinski definition) is 0. The zero-order chi connectivity index (χ0) is 13.8. The minimum atomic E-state index is -0.0208. The van der Waals surface area contributed by atoms with Crippen molar-refractivity contribution in [2.45, 2.75) is 0 Å². The maximum absolute atomic E-state index is 12.6. The molecule has 0 atom stereocenters. The Labute approximate surface area is 120 Å². The number of aromatic nitrogens is 2. The van der Waals surface area contributed by atoms with E-state index in [2.05, 4.69) is 5.10 Å². The first-order chi connectivity index (χ1) is 9.84. The molecule has 0 saturated heterocycles. The van der Waals surface area contributed by atoms with E-state index in [0.717, 1.165) is 5.56 Å². The fraction of sp³-hybridized carbons (Fsp3) is 0. The Bertz CT molecular complexity index is 713. The molecule has 3 aromatic rings. The molecule has 4 heteroatoms. The largest absolute Gasteiger partial charge is 0.286 e. The minimum Gasteiger partial charge on any atom is -0.286 e. The zero-order valence-electron chi connectivity index (χ0n) is 10.6. The second-order valence-corrected chi connectivity index (χ2v) is 5.15. The van der Waals surface area contributed by atoms with Gasteiger partial charge in [0.05, 0.1) is 4.88 Å². The molecular weight excluding hydrogens is 268 g/mol. The Balaban J connectivity index is 2.06. The topological polar surface area (TPSA) is 34.9 Å². The highest BCUT2D eigenvalue weighted by Crippen LogP contribution is 2.19. The molecule has 0 fully saturated rings. The van der Waals surface area contributed by atoms with Crippen LogP contribution in [0.3, 0.4) is 0 Å². The summed E-state index contributed by atoms with van der Waals surface area (Å²) in [6.45, 7) is 0. The van der Waals surface area contributed by atoms with Crippen molar-refractivity contribution in [1.82, 2.24) is 9.78 Å². The van der Waals surface area contributed by atoms with Crippen LogP contribution in [0.1, 0.15) is 15.2 Å². The summed E-state index contributed by atoms with van der Waals surface area (Å²) < 4.78 is 1.61. The summed E-state index contributed by atoms with van der Waals surface area (Å²) in [6, 6.07) is 15.3. The van der Waals surface area contributed by atoms with Crippen molar-refractivity contribution in [2.24, 2.45) is 0 Å². The van der Waals surface area contributed by atoms with Gasteiger partial charge in [0.15, 0.2) is 0 Å². The second-order valence-electron chi connectivity index (χ2n) is 4.20. The van der Waals surface area contributed by atoms with Crippen molar-refractivity contribution in [3.05, 3.63) is 76.7 Å². The van der Waals surface area contributed by atoms with E-state index < -0.39 is 0 Å². The van der Waals surface area contributed by atoms with Crippen LogP contribution in [0.25, 0.3) is 11.8 Å². The first-order valence-corrected chi connectivity index (χ1v) is 7.07. The van der Waals surface area contributed by atoms with Crippen LogP contribution in [0.4, 0.5) is 0 Å². The molecule has 0 N–H and O–H groups in total. The van der Waals surface area contributed by atoms with Crippen molar-refractivity contribution in [2.75, 3.05) is 0 Å². The molecule has 0 bridgehead atoms. The number of allylic oxidation sites excluding steroid dienone is 1. The van der Waals surface area contributed by atoms with Crippen LogP contribution in [0, 0.1) is 0 Å². The first-order valence-electron chi connectivity index (χ1n) is 6.19. The fourth-order valence-corrected chi connectivity index (χ4v) is 2.56. The number of carbonyl (C=O) groups excluding carboxylic acids is 1. The summed E-state index contributed by atoms with van der Waals surface area (Å²) in [5.74, 6) is -0.0208. The Kier molecular flexibility index (Phi) is 3.56. The van der Waals surface area contributed by atoms with Gasteiger partial charge in [0.2, 0.25) is 5.78 Å².